The van der Waals surface area contributed by atoms with Gasteiger partial charge in [0, 0.05) is 0 Å². The fraction of sp³-hybridized carbons (Fsp3) is 0.889. The van der Waals surface area contributed by atoms with Gasteiger partial charge in [0.2, 0.25) is 0 Å². The van der Waals surface area contributed by atoms with Gasteiger partial charge in [0.1, 0.15) is 6.04 Å². The van der Waals surface area contributed by atoms with Crippen LogP contribution in [0.4, 0.5) is 0 Å². The molecule has 68 valence electrons. The fourth-order valence-electron chi connectivity index (χ4n) is 2.59. The van der Waals surface area contributed by atoms with Crippen molar-refractivity contribution in [1.82, 2.24) is 0 Å². The molecule has 2 aliphatic carbocycles. The number of aliphatic carboxylic acids is 1. The number of carboxylic acid groups (broad SMARTS) is 1. The zero-order valence-corrected chi connectivity index (χ0v) is 7.12. The molecule has 0 bridgehead atoms. The van der Waals surface area contributed by atoms with Crippen LogP contribution in [0, 0.1) is 11.3 Å². The SMILES string of the molecule is NC(C(=O)O)C1CC2(CCC2)C1. The van der Waals surface area contributed by atoms with E-state index in [1.807, 2.05) is 0 Å². The third-order valence-electron chi connectivity index (χ3n) is 3.60. The lowest BCUT2D eigenvalue weighted by Gasteiger charge is -2.55. The van der Waals surface area contributed by atoms with Crippen molar-refractivity contribution in [2.75, 3.05) is 0 Å². The normalized spacial score (nSPS) is 29.1. The highest BCUT2D eigenvalue weighted by Gasteiger charge is 2.50. The number of carboxylic acids is 1. The van der Waals surface area contributed by atoms with E-state index in [0.717, 1.165) is 12.8 Å². The van der Waals surface area contributed by atoms with Gasteiger partial charge in [0.25, 0.3) is 0 Å². The van der Waals surface area contributed by atoms with Crippen LogP contribution in [0.25, 0.3) is 0 Å². The van der Waals surface area contributed by atoms with Crippen LogP contribution in [0.5, 0.6) is 0 Å². The minimum atomic E-state index is -0.839. The van der Waals surface area contributed by atoms with Gasteiger partial charge in [-0.2, -0.15) is 0 Å². The van der Waals surface area contributed by atoms with E-state index in [4.69, 9.17) is 10.8 Å². The molecular weight excluding hydrogens is 154 g/mol. The first-order valence-electron chi connectivity index (χ1n) is 4.61. The summed E-state index contributed by atoms with van der Waals surface area (Å²) in [5.41, 5.74) is 6.06. The van der Waals surface area contributed by atoms with Crippen molar-refractivity contribution in [2.45, 2.75) is 38.1 Å². The predicted molar refractivity (Wildman–Crippen MR) is 44.6 cm³/mol. The van der Waals surface area contributed by atoms with Gasteiger partial charge in [-0.05, 0) is 37.0 Å². The Bertz CT molecular complexity index is 203. The molecule has 12 heavy (non-hydrogen) atoms. The van der Waals surface area contributed by atoms with Crippen LogP contribution in [-0.4, -0.2) is 17.1 Å². The first kappa shape index (κ1) is 8.05. The molecule has 2 rings (SSSR count). The summed E-state index contributed by atoms with van der Waals surface area (Å²) in [6, 6.07) is -0.615. The summed E-state index contributed by atoms with van der Waals surface area (Å²) in [5, 5.41) is 8.65. The lowest BCUT2D eigenvalue weighted by Crippen LogP contribution is -2.52. The maximum absolute atomic E-state index is 10.5. The summed E-state index contributed by atoms with van der Waals surface area (Å²) in [6.45, 7) is 0. The van der Waals surface area contributed by atoms with Gasteiger partial charge in [-0.25, -0.2) is 0 Å². The van der Waals surface area contributed by atoms with Crippen LogP contribution in [0.1, 0.15) is 32.1 Å². The van der Waals surface area contributed by atoms with E-state index in [1.165, 1.54) is 19.3 Å². The number of hydrogen-bond donors (Lipinski definition) is 2. The van der Waals surface area contributed by atoms with E-state index in [-0.39, 0.29) is 5.92 Å². The predicted octanol–water partition coefficient (Wildman–Crippen LogP) is 0.979. The second-order valence-corrected chi connectivity index (χ2v) is 4.39. The molecule has 3 heteroatoms. The minimum Gasteiger partial charge on any atom is -0.480 e. The van der Waals surface area contributed by atoms with E-state index in [0.29, 0.717) is 5.41 Å². The highest BCUT2D eigenvalue weighted by atomic mass is 16.4. The molecule has 3 nitrogen and oxygen atoms in total. The zero-order chi connectivity index (χ0) is 8.77. The minimum absolute atomic E-state index is 0.253. The number of hydrogen-bond acceptors (Lipinski definition) is 2. The van der Waals surface area contributed by atoms with Crippen molar-refractivity contribution >= 4 is 5.97 Å². The van der Waals surface area contributed by atoms with Crippen molar-refractivity contribution in [2.24, 2.45) is 17.1 Å². The second kappa shape index (κ2) is 2.46. The lowest BCUT2D eigenvalue weighted by molar-refractivity contribution is -0.144. The molecule has 1 unspecified atom stereocenters. The van der Waals surface area contributed by atoms with E-state index < -0.39 is 12.0 Å². The highest BCUT2D eigenvalue weighted by Crippen LogP contribution is 2.59. The largest absolute Gasteiger partial charge is 0.480 e. The molecule has 0 aromatic carbocycles. The monoisotopic (exact) mass is 169 g/mol. The Labute approximate surface area is 71.9 Å². The Morgan fingerprint density at radius 3 is 2.42 bits per heavy atom. The Morgan fingerprint density at radius 1 is 1.50 bits per heavy atom. The number of rotatable bonds is 2. The molecule has 0 radical (unpaired) electrons. The van der Waals surface area contributed by atoms with Gasteiger partial charge < -0.3 is 10.8 Å². The molecule has 3 N–H and O–H groups in total. The van der Waals surface area contributed by atoms with Crippen LogP contribution in [0.15, 0.2) is 0 Å². The van der Waals surface area contributed by atoms with Crippen molar-refractivity contribution in [3.63, 3.8) is 0 Å². The molecule has 0 amide bonds. The molecule has 1 atom stereocenters. The standard InChI is InChI=1S/C9H15NO2/c10-7(8(11)12)6-4-9(5-6)2-1-3-9/h6-7H,1-5,10H2,(H,11,12). The number of carbonyl (C=O) groups is 1. The van der Waals surface area contributed by atoms with Crippen LogP contribution in [0.3, 0.4) is 0 Å². The average Bonchev–Trinajstić information content (AvgIpc) is 1.80. The van der Waals surface area contributed by atoms with Gasteiger partial charge in [0.15, 0.2) is 0 Å². The maximum atomic E-state index is 10.5. The molecule has 1 spiro atoms. The quantitative estimate of drug-likeness (QED) is 0.647. The molecule has 2 aliphatic rings. The molecule has 2 fully saturated rings. The lowest BCUT2D eigenvalue weighted by atomic mass is 9.50. The molecule has 0 saturated heterocycles. The first-order valence-corrected chi connectivity index (χ1v) is 4.61. The van der Waals surface area contributed by atoms with Gasteiger partial charge in [-0.1, -0.05) is 6.42 Å². The van der Waals surface area contributed by atoms with Gasteiger partial charge in [-0.15, -0.1) is 0 Å². The Kier molecular flexibility index (Phi) is 1.65. The van der Waals surface area contributed by atoms with Gasteiger partial charge in [-0.3, -0.25) is 4.79 Å². The van der Waals surface area contributed by atoms with Gasteiger partial charge >= 0.3 is 5.97 Å². The third-order valence-corrected chi connectivity index (χ3v) is 3.60. The molecule has 0 aliphatic heterocycles. The summed E-state index contributed by atoms with van der Waals surface area (Å²) in [5.74, 6) is -0.586. The van der Waals surface area contributed by atoms with Crippen molar-refractivity contribution < 1.29 is 9.90 Å². The maximum Gasteiger partial charge on any atom is 0.320 e. The van der Waals surface area contributed by atoms with E-state index in [1.54, 1.807) is 0 Å². The number of nitrogens with two attached hydrogens (primary N) is 1. The summed E-state index contributed by atoms with van der Waals surface area (Å²) in [4.78, 5) is 10.5. The van der Waals surface area contributed by atoms with E-state index >= 15 is 0 Å². The summed E-state index contributed by atoms with van der Waals surface area (Å²) in [7, 11) is 0. The Balaban J connectivity index is 1.84. The second-order valence-electron chi connectivity index (χ2n) is 4.39. The fourth-order valence-corrected chi connectivity index (χ4v) is 2.59. The van der Waals surface area contributed by atoms with E-state index in [9.17, 15) is 4.79 Å². The third kappa shape index (κ3) is 1.04. The van der Waals surface area contributed by atoms with Crippen LogP contribution >= 0.6 is 0 Å². The van der Waals surface area contributed by atoms with Gasteiger partial charge in [0.05, 0.1) is 0 Å². The highest BCUT2D eigenvalue weighted by molar-refractivity contribution is 5.73. The zero-order valence-electron chi connectivity index (χ0n) is 7.12. The molecule has 0 heterocycles. The smallest absolute Gasteiger partial charge is 0.320 e. The molecular formula is C9H15NO2. The van der Waals surface area contributed by atoms with Crippen molar-refractivity contribution in [3.05, 3.63) is 0 Å². The summed E-state index contributed by atoms with van der Waals surface area (Å²) < 4.78 is 0. The average molecular weight is 169 g/mol. The molecule has 0 aromatic rings. The van der Waals surface area contributed by atoms with Crippen LogP contribution < -0.4 is 5.73 Å². The van der Waals surface area contributed by atoms with Crippen LogP contribution in [0.2, 0.25) is 0 Å². The van der Waals surface area contributed by atoms with E-state index in [2.05, 4.69) is 0 Å². The van der Waals surface area contributed by atoms with Crippen LogP contribution in [-0.2, 0) is 4.79 Å². The first-order chi connectivity index (χ1) is 5.63. The molecule has 0 aromatic heterocycles. The van der Waals surface area contributed by atoms with Crippen molar-refractivity contribution in [1.29, 1.82) is 0 Å². The Morgan fingerprint density at radius 2 is 2.08 bits per heavy atom. The summed E-state index contributed by atoms with van der Waals surface area (Å²) >= 11 is 0. The summed E-state index contributed by atoms with van der Waals surface area (Å²) in [6.07, 6.45) is 6.04. The topological polar surface area (TPSA) is 63.3 Å². The van der Waals surface area contributed by atoms with Crippen molar-refractivity contribution in [3.8, 4) is 0 Å². The molecule has 2 saturated carbocycles. The Hall–Kier alpha value is -0.570.